The molecule has 18 heavy (non-hydrogen) atoms. The molecule has 1 aromatic carbocycles. The molecule has 3 N–H and O–H groups in total. The van der Waals surface area contributed by atoms with Crippen molar-refractivity contribution >= 4 is 17.5 Å². The van der Waals surface area contributed by atoms with Gasteiger partial charge in [-0.15, -0.1) is 6.42 Å². The summed E-state index contributed by atoms with van der Waals surface area (Å²) >= 11 is 0. The molecule has 90 valence electrons. The second kappa shape index (κ2) is 5.06. The van der Waals surface area contributed by atoms with Gasteiger partial charge in [0.2, 0.25) is 11.8 Å². The van der Waals surface area contributed by atoms with E-state index in [9.17, 15) is 0 Å². The normalized spacial score (nSPS) is 9.56. The van der Waals surface area contributed by atoms with Crippen LogP contribution in [0.1, 0.15) is 5.56 Å². The van der Waals surface area contributed by atoms with Crippen LogP contribution in [0.4, 0.5) is 17.5 Å². The predicted octanol–water partition coefficient (Wildman–Crippen LogP) is 1.79. The number of hydrogen-bond acceptors (Lipinski definition) is 5. The molecule has 0 aliphatic carbocycles. The molecule has 0 unspecified atom stereocenters. The highest BCUT2D eigenvalue weighted by Crippen LogP contribution is 2.19. The zero-order valence-corrected chi connectivity index (χ0v) is 9.84. The van der Waals surface area contributed by atoms with Crippen LogP contribution in [0.25, 0.3) is 0 Å². The number of terminal acetylenes is 1. The summed E-state index contributed by atoms with van der Waals surface area (Å²) < 4.78 is 5.01. The zero-order valence-electron chi connectivity index (χ0n) is 9.84. The van der Waals surface area contributed by atoms with E-state index < -0.39 is 0 Å². The summed E-state index contributed by atoms with van der Waals surface area (Å²) in [6.07, 6.45) is 5.34. The molecule has 0 aliphatic rings. The van der Waals surface area contributed by atoms with Crippen molar-refractivity contribution in [3.05, 3.63) is 35.9 Å². The first-order chi connectivity index (χ1) is 8.71. The largest absolute Gasteiger partial charge is 0.481 e. The molecule has 5 heteroatoms. The SMILES string of the molecule is C#Cc1cccc(Nc2cc(OC)nc(N)n2)c1. The average molecular weight is 240 g/mol. The maximum Gasteiger partial charge on any atom is 0.225 e. The van der Waals surface area contributed by atoms with E-state index in [0.717, 1.165) is 11.3 Å². The van der Waals surface area contributed by atoms with Gasteiger partial charge in [-0.1, -0.05) is 12.0 Å². The van der Waals surface area contributed by atoms with Crippen LogP contribution in [-0.4, -0.2) is 17.1 Å². The van der Waals surface area contributed by atoms with Crippen molar-refractivity contribution in [2.45, 2.75) is 0 Å². The third-order valence-corrected chi connectivity index (χ3v) is 2.23. The number of anilines is 3. The molecular formula is C13H12N4O. The highest BCUT2D eigenvalue weighted by atomic mass is 16.5. The molecule has 0 aliphatic heterocycles. The topological polar surface area (TPSA) is 73.1 Å². The van der Waals surface area contributed by atoms with E-state index in [2.05, 4.69) is 21.2 Å². The number of nitrogens with one attached hydrogen (secondary N) is 1. The summed E-state index contributed by atoms with van der Waals surface area (Å²) in [5.74, 6) is 3.66. The van der Waals surface area contributed by atoms with Crippen LogP contribution in [0.15, 0.2) is 30.3 Å². The molecule has 1 heterocycles. The van der Waals surface area contributed by atoms with Gasteiger partial charge in [0.25, 0.3) is 0 Å². The maximum atomic E-state index is 5.57. The Labute approximate surface area is 105 Å². The Balaban J connectivity index is 2.28. The van der Waals surface area contributed by atoms with Crippen LogP contribution >= 0.6 is 0 Å². The number of nitrogens with zero attached hydrogens (tertiary/aromatic N) is 2. The minimum absolute atomic E-state index is 0.143. The van der Waals surface area contributed by atoms with E-state index >= 15 is 0 Å². The monoisotopic (exact) mass is 240 g/mol. The van der Waals surface area contributed by atoms with Gasteiger partial charge < -0.3 is 15.8 Å². The van der Waals surface area contributed by atoms with Crippen LogP contribution in [0, 0.1) is 12.3 Å². The van der Waals surface area contributed by atoms with Crippen molar-refractivity contribution in [3.63, 3.8) is 0 Å². The number of ether oxygens (including phenoxy) is 1. The second-order valence-electron chi connectivity index (χ2n) is 3.50. The quantitative estimate of drug-likeness (QED) is 0.800. The van der Waals surface area contributed by atoms with Gasteiger partial charge in [-0.05, 0) is 18.2 Å². The van der Waals surface area contributed by atoms with Crippen molar-refractivity contribution in [1.29, 1.82) is 0 Å². The molecule has 0 bridgehead atoms. The molecule has 0 atom stereocenters. The van der Waals surface area contributed by atoms with Crippen molar-refractivity contribution in [3.8, 4) is 18.2 Å². The number of nitrogens with two attached hydrogens (primary N) is 1. The van der Waals surface area contributed by atoms with Crippen LogP contribution in [0.2, 0.25) is 0 Å². The first kappa shape index (κ1) is 11.7. The number of benzene rings is 1. The van der Waals surface area contributed by atoms with E-state index in [0.29, 0.717) is 11.7 Å². The molecule has 0 fully saturated rings. The number of nitrogen functional groups attached to an aromatic ring is 1. The van der Waals surface area contributed by atoms with Gasteiger partial charge in [-0.25, -0.2) is 0 Å². The van der Waals surface area contributed by atoms with Gasteiger partial charge in [0.05, 0.1) is 7.11 Å². The summed E-state index contributed by atoms with van der Waals surface area (Å²) in [6, 6.07) is 9.08. The molecule has 1 aromatic heterocycles. The van der Waals surface area contributed by atoms with E-state index in [1.807, 2.05) is 24.3 Å². The van der Waals surface area contributed by atoms with Crippen LogP contribution in [0.5, 0.6) is 5.88 Å². The van der Waals surface area contributed by atoms with Crippen LogP contribution < -0.4 is 15.8 Å². The minimum Gasteiger partial charge on any atom is -0.481 e. The van der Waals surface area contributed by atoms with E-state index in [1.165, 1.54) is 7.11 Å². The fourth-order valence-corrected chi connectivity index (χ4v) is 1.45. The number of rotatable bonds is 3. The fraction of sp³-hybridized carbons (Fsp3) is 0.0769. The highest BCUT2D eigenvalue weighted by Gasteiger charge is 2.03. The summed E-state index contributed by atoms with van der Waals surface area (Å²) in [4.78, 5) is 7.96. The number of methoxy groups -OCH3 is 1. The van der Waals surface area contributed by atoms with Crippen molar-refractivity contribution in [1.82, 2.24) is 9.97 Å². The molecule has 5 nitrogen and oxygen atoms in total. The van der Waals surface area contributed by atoms with E-state index in [1.54, 1.807) is 6.07 Å². The Morgan fingerprint density at radius 3 is 2.89 bits per heavy atom. The van der Waals surface area contributed by atoms with Crippen molar-refractivity contribution in [2.24, 2.45) is 0 Å². The molecule has 0 saturated carbocycles. The van der Waals surface area contributed by atoms with Gasteiger partial charge in [-0.3, -0.25) is 0 Å². The third kappa shape index (κ3) is 2.68. The van der Waals surface area contributed by atoms with Gasteiger partial charge >= 0.3 is 0 Å². The molecule has 0 amide bonds. The minimum atomic E-state index is 0.143. The smallest absolute Gasteiger partial charge is 0.225 e. The first-order valence-electron chi connectivity index (χ1n) is 5.23. The van der Waals surface area contributed by atoms with E-state index in [-0.39, 0.29) is 5.95 Å². The molecule has 2 rings (SSSR count). The Kier molecular flexibility index (Phi) is 3.30. The second-order valence-corrected chi connectivity index (χ2v) is 3.50. The molecule has 0 radical (unpaired) electrons. The lowest BCUT2D eigenvalue weighted by atomic mass is 10.2. The third-order valence-electron chi connectivity index (χ3n) is 2.23. The van der Waals surface area contributed by atoms with E-state index in [4.69, 9.17) is 16.9 Å². The molecule has 0 saturated heterocycles. The standard InChI is InChI=1S/C13H12N4O/c1-3-9-5-4-6-10(7-9)15-11-8-12(18-2)17-13(14)16-11/h1,4-8H,2H3,(H3,14,15,16,17). The Bertz CT molecular complexity index is 604. The van der Waals surface area contributed by atoms with Gasteiger partial charge in [0.15, 0.2) is 0 Å². The molecule has 2 aromatic rings. The molecule has 0 spiro atoms. The van der Waals surface area contributed by atoms with Crippen molar-refractivity contribution < 1.29 is 4.74 Å². The Morgan fingerprint density at radius 1 is 1.33 bits per heavy atom. The van der Waals surface area contributed by atoms with Gasteiger partial charge in [0, 0.05) is 17.3 Å². The number of aromatic nitrogens is 2. The highest BCUT2D eigenvalue weighted by molar-refractivity contribution is 5.60. The summed E-state index contributed by atoms with van der Waals surface area (Å²) in [6.45, 7) is 0. The summed E-state index contributed by atoms with van der Waals surface area (Å²) in [5, 5.41) is 3.09. The lowest BCUT2D eigenvalue weighted by Crippen LogP contribution is -2.01. The summed E-state index contributed by atoms with van der Waals surface area (Å²) in [7, 11) is 1.52. The average Bonchev–Trinajstić information content (AvgIpc) is 2.38. The lowest BCUT2D eigenvalue weighted by Gasteiger charge is -2.07. The van der Waals surface area contributed by atoms with Crippen molar-refractivity contribution in [2.75, 3.05) is 18.2 Å². The number of hydrogen-bond donors (Lipinski definition) is 2. The van der Waals surface area contributed by atoms with Crippen LogP contribution in [-0.2, 0) is 0 Å². The fourth-order valence-electron chi connectivity index (χ4n) is 1.45. The van der Waals surface area contributed by atoms with Crippen LogP contribution in [0.3, 0.4) is 0 Å². The maximum absolute atomic E-state index is 5.57. The Hall–Kier alpha value is -2.74. The molecular weight excluding hydrogens is 228 g/mol. The lowest BCUT2D eigenvalue weighted by molar-refractivity contribution is 0.398. The van der Waals surface area contributed by atoms with Gasteiger partial charge in [-0.2, -0.15) is 9.97 Å². The van der Waals surface area contributed by atoms with Gasteiger partial charge in [0.1, 0.15) is 5.82 Å². The summed E-state index contributed by atoms with van der Waals surface area (Å²) in [5.41, 5.74) is 7.18. The zero-order chi connectivity index (χ0) is 13.0. The predicted molar refractivity (Wildman–Crippen MR) is 70.7 cm³/mol. The Morgan fingerprint density at radius 2 is 2.17 bits per heavy atom. The first-order valence-corrected chi connectivity index (χ1v) is 5.23.